The molecule has 0 aliphatic heterocycles. The average Bonchev–Trinajstić information content (AvgIpc) is 1.80. The summed E-state index contributed by atoms with van der Waals surface area (Å²) >= 11 is 0. The summed E-state index contributed by atoms with van der Waals surface area (Å²) in [5, 5.41) is 0. The molecule has 0 rings (SSSR count). The second kappa shape index (κ2) is 5.87. The van der Waals surface area contributed by atoms with Crippen molar-refractivity contribution in [3.05, 3.63) is 19.1 Å². The van der Waals surface area contributed by atoms with E-state index in [1.165, 1.54) is 19.3 Å². The Labute approximate surface area is 59.0 Å². The first-order valence-corrected chi connectivity index (χ1v) is 3.77. The van der Waals surface area contributed by atoms with Gasteiger partial charge in [-0.2, -0.15) is 0 Å². The molecule has 0 aliphatic carbocycles. The zero-order valence-corrected chi connectivity index (χ0v) is 6.56. The summed E-state index contributed by atoms with van der Waals surface area (Å²) in [6.07, 6.45) is 8.20. The van der Waals surface area contributed by atoms with Crippen LogP contribution in [-0.4, -0.2) is 0 Å². The van der Waals surface area contributed by atoms with E-state index in [1.807, 2.05) is 0 Å². The molecule has 53 valence electrons. The van der Waals surface area contributed by atoms with E-state index in [-0.39, 0.29) is 0 Å². The third kappa shape index (κ3) is 7.74. The quantitative estimate of drug-likeness (QED) is 0.400. The molecule has 0 aromatic rings. The Morgan fingerprint density at radius 2 is 2.22 bits per heavy atom. The number of unbranched alkanes of at least 4 members (excludes halogenated alkanes) is 2. The molecule has 0 saturated heterocycles. The van der Waals surface area contributed by atoms with Crippen molar-refractivity contribution in [3.63, 3.8) is 0 Å². The van der Waals surface area contributed by atoms with E-state index in [4.69, 9.17) is 0 Å². The maximum Gasteiger partial charge on any atom is -0.0262 e. The molecule has 0 fully saturated rings. The lowest BCUT2D eigenvalue weighted by atomic mass is 10.1. The highest BCUT2D eigenvalue weighted by atomic mass is 13.9. The fourth-order valence-electron chi connectivity index (χ4n) is 0.651. The van der Waals surface area contributed by atoms with Crippen LogP contribution in [0.4, 0.5) is 0 Å². The number of hydrogen-bond donors (Lipinski definition) is 0. The summed E-state index contributed by atoms with van der Waals surface area (Å²) < 4.78 is 0. The van der Waals surface area contributed by atoms with Gasteiger partial charge < -0.3 is 0 Å². The average molecular weight is 125 g/mol. The predicted molar refractivity (Wildman–Crippen MR) is 43.2 cm³/mol. The maximum atomic E-state index is 3.85. The lowest BCUT2D eigenvalue weighted by molar-refractivity contribution is 0.806. The summed E-state index contributed by atoms with van der Waals surface area (Å²) in [5.41, 5.74) is 0. The van der Waals surface area contributed by atoms with Crippen molar-refractivity contribution in [2.45, 2.75) is 33.1 Å². The second-order valence-corrected chi connectivity index (χ2v) is 2.55. The van der Waals surface area contributed by atoms with Crippen molar-refractivity contribution in [2.24, 2.45) is 5.92 Å². The van der Waals surface area contributed by atoms with Crippen molar-refractivity contribution in [3.8, 4) is 0 Å². The molecule has 0 N–H and O–H groups in total. The van der Waals surface area contributed by atoms with E-state index in [0.717, 1.165) is 0 Å². The van der Waals surface area contributed by atoms with Crippen molar-refractivity contribution in [1.82, 2.24) is 0 Å². The van der Waals surface area contributed by atoms with Gasteiger partial charge in [0.15, 0.2) is 0 Å². The van der Waals surface area contributed by atoms with Crippen molar-refractivity contribution in [2.75, 3.05) is 0 Å². The molecule has 0 bridgehead atoms. The van der Waals surface area contributed by atoms with Crippen LogP contribution < -0.4 is 0 Å². The molecule has 0 aromatic carbocycles. The van der Waals surface area contributed by atoms with Crippen molar-refractivity contribution in [1.29, 1.82) is 0 Å². The lowest BCUT2D eigenvalue weighted by Gasteiger charge is -1.92. The van der Waals surface area contributed by atoms with Gasteiger partial charge in [-0.15, -0.1) is 0 Å². The molecule has 0 amide bonds. The minimum absolute atomic E-state index is 0.474. The molecule has 0 heteroatoms. The summed E-state index contributed by atoms with van der Waals surface area (Å²) in [4.78, 5) is 0. The maximum absolute atomic E-state index is 3.85. The minimum Gasteiger partial charge on any atom is -0.0883 e. The standard InChI is InChI=1S/C9H17/c1-4-5-6-7-8-9(2)3/h7-9H,2,4-6H2,1,3H3/b8-7+. The smallest absolute Gasteiger partial charge is 0.0262 e. The van der Waals surface area contributed by atoms with Crippen LogP contribution in [0.15, 0.2) is 12.2 Å². The van der Waals surface area contributed by atoms with Gasteiger partial charge in [0.25, 0.3) is 0 Å². The van der Waals surface area contributed by atoms with E-state index < -0.39 is 0 Å². The minimum atomic E-state index is 0.474. The zero-order valence-electron chi connectivity index (χ0n) is 6.56. The fourth-order valence-corrected chi connectivity index (χ4v) is 0.651. The van der Waals surface area contributed by atoms with Crippen LogP contribution in [0.2, 0.25) is 0 Å². The molecule has 0 saturated carbocycles. The Balaban J connectivity index is 3.04. The highest BCUT2D eigenvalue weighted by Gasteiger charge is 1.82. The van der Waals surface area contributed by atoms with Crippen LogP contribution in [0, 0.1) is 12.8 Å². The van der Waals surface area contributed by atoms with Crippen LogP contribution >= 0.6 is 0 Å². The molecule has 0 heterocycles. The first-order valence-electron chi connectivity index (χ1n) is 3.77. The van der Waals surface area contributed by atoms with Gasteiger partial charge >= 0.3 is 0 Å². The van der Waals surface area contributed by atoms with Crippen LogP contribution in [0.1, 0.15) is 33.1 Å². The van der Waals surface area contributed by atoms with Crippen LogP contribution in [0.25, 0.3) is 0 Å². The van der Waals surface area contributed by atoms with Crippen LogP contribution in [0.3, 0.4) is 0 Å². The van der Waals surface area contributed by atoms with E-state index in [0.29, 0.717) is 5.92 Å². The van der Waals surface area contributed by atoms with Gasteiger partial charge in [0.2, 0.25) is 0 Å². The third-order valence-electron chi connectivity index (χ3n) is 1.19. The summed E-state index contributed by atoms with van der Waals surface area (Å²) in [6, 6.07) is 0. The first-order chi connectivity index (χ1) is 4.27. The Morgan fingerprint density at radius 3 is 2.67 bits per heavy atom. The van der Waals surface area contributed by atoms with Gasteiger partial charge in [0.1, 0.15) is 0 Å². The Kier molecular flexibility index (Phi) is 5.70. The molecular formula is C9H17. The van der Waals surface area contributed by atoms with Crippen LogP contribution in [0.5, 0.6) is 0 Å². The van der Waals surface area contributed by atoms with Crippen LogP contribution in [-0.2, 0) is 0 Å². The van der Waals surface area contributed by atoms with Gasteiger partial charge in [-0.1, -0.05) is 38.8 Å². The normalized spacial score (nSPS) is 11.6. The Bertz CT molecular complexity index is 70.1. The van der Waals surface area contributed by atoms with Gasteiger partial charge in [-0.3, -0.25) is 0 Å². The lowest BCUT2D eigenvalue weighted by Crippen LogP contribution is -1.77. The van der Waals surface area contributed by atoms with Gasteiger partial charge in [-0.05, 0) is 19.3 Å². The number of allylic oxidation sites excluding steroid dienone is 2. The molecule has 0 spiro atoms. The summed E-state index contributed by atoms with van der Waals surface area (Å²) in [7, 11) is 0. The molecular weight excluding hydrogens is 108 g/mol. The molecule has 9 heavy (non-hydrogen) atoms. The summed E-state index contributed by atoms with van der Waals surface area (Å²) in [5.74, 6) is 0.474. The molecule has 1 unspecified atom stereocenters. The third-order valence-corrected chi connectivity index (χ3v) is 1.19. The van der Waals surface area contributed by atoms with Gasteiger partial charge in [0, 0.05) is 0 Å². The van der Waals surface area contributed by atoms with Gasteiger partial charge in [0.05, 0.1) is 0 Å². The molecule has 0 nitrogen and oxygen atoms in total. The predicted octanol–water partition coefficient (Wildman–Crippen LogP) is 3.20. The Hall–Kier alpha value is -0.260. The van der Waals surface area contributed by atoms with E-state index in [9.17, 15) is 0 Å². The Morgan fingerprint density at radius 1 is 1.56 bits per heavy atom. The van der Waals surface area contributed by atoms with E-state index >= 15 is 0 Å². The molecule has 1 radical (unpaired) electrons. The van der Waals surface area contributed by atoms with E-state index in [2.05, 4.69) is 32.9 Å². The van der Waals surface area contributed by atoms with Gasteiger partial charge in [-0.25, -0.2) is 0 Å². The fraction of sp³-hybridized carbons (Fsp3) is 0.667. The number of hydrogen-bond acceptors (Lipinski definition) is 0. The highest BCUT2D eigenvalue weighted by Crippen LogP contribution is 1.98. The summed E-state index contributed by atoms with van der Waals surface area (Å²) in [6.45, 7) is 8.16. The first kappa shape index (κ1) is 8.74. The zero-order chi connectivity index (χ0) is 7.11. The molecule has 0 aromatic heterocycles. The molecule has 1 atom stereocenters. The second-order valence-electron chi connectivity index (χ2n) is 2.55. The van der Waals surface area contributed by atoms with Crippen molar-refractivity contribution >= 4 is 0 Å². The molecule has 0 aliphatic rings. The topological polar surface area (TPSA) is 0 Å². The number of rotatable bonds is 4. The SMILES string of the molecule is [CH2]C(C)/C=C/CCCC. The monoisotopic (exact) mass is 125 g/mol. The van der Waals surface area contributed by atoms with Crippen molar-refractivity contribution < 1.29 is 0 Å². The largest absolute Gasteiger partial charge is 0.0883 e. The van der Waals surface area contributed by atoms with E-state index in [1.54, 1.807) is 0 Å². The highest BCUT2D eigenvalue weighted by molar-refractivity contribution is 4.86.